The molecule has 38 heavy (non-hydrogen) atoms. The number of aromatic amines is 1. The van der Waals surface area contributed by atoms with Crippen molar-refractivity contribution in [1.82, 2.24) is 9.55 Å². The van der Waals surface area contributed by atoms with E-state index in [9.17, 15) is 22.4 Å². The van der Waals surface area contributed by atoms with E-state index in [0.29, 0.717) is 0 Å². The number of aromatic nitrogens is 2. The van der Waals surface area contributed by atoms with E-state index in [2.05, 4.69) is 20.8 Å². The third-order valence-corrected chi connectivity index (χ3v) is 12.2. The van der Waals surface area contributed by atoms with E-state index in [4.69, 9.17) is 13.3 Å². The highest BCUT2D eigenvalue weighted by Crippen LogP contribution is 2.38. The molecule has 204 valence electrons. The number of nitrogens with zero attached hydrogens (tertiary/aromatic N) is 1. The molecule has 1 aliphatic rings. The summed E-state index contributed by atoms with van der Waals surface area (Å²) < 4.78 is 57.2. The Hall–Kier alpha value is -2.90. The maximum absolute atomic E-state index is 14.0. The van der Waals surface area contributed by atoms with Crippen molar-refractivity contribution in [2.24, 2.45) is 0 Å². The number of benzene rings is 2. The van der Waals surface area contributed by atoms with Gasteiger partial charge >= 0.3 is 5.69 Å². The first-order valence-electron chi connectivity index (χ1n) is 12.1. The fourth-order valence-corrected chi connectivity index (χ4v) is 10.2. The lowest BCUT2D eigenvalue weighted by Gasteiger charge is -2.43. The highest BCUT2D eigenvalue weighted by Gasteiger charge is 2.51. The molecular weight excluding hydrogens is 531 g/mol. The quantitative estimate of drug-likeness (QED) is 0.329. The summed E-state index contributed by atoms with van der Waals surface area (Å²) in [5.74, 6) is -1.17. The van der Waals surface area contributed by atoms with Crippen LogP contribution in [0.4, 0.5) is 4.39 Å². The number of nitrogens with one attached hydrogen (secondary N) is 1. The molecule has 2 aromatic carbocycles. The molecule has 0 saturated carbocycles. The van der Waals surface area contributed by atoms with Gasteiger partial charge in [-0.3, -0.25) is 18.5 Å². The Morgan fingerprint density at radius 3 is 2.11 bits per heavy atom. The standard InChI is InChI=1S/C26H31FN2O7SSi/c1-26(2,3)38(18-11-7-5-8-12-18,19-13-9-6-10-14-19)34-17-22-21(36-37(4,32)33)15-23(35-22)29-16-20(27)24(30)28-25(29)31/h5-14,16,21-23H,15,17H2,1-4H3,(H,28,30,31)/t21-,22+,23-/m0/s1. The Kier molecular flexibility index (Phi) is 7.91. The molecule has 1 aliphatic heterocycles. The van der Waals surface area contributed by atoms with Crippen LogP contribution < -0.4 is 21.6 Å². The van der Waals surface area contributed by atoms with Crippen LogP contribution in [-0.4, -0.2) is 51.4 Å². The maximum Gasteiger partial charge on any atom is 0.330 e. The topological polar surface area (TPSA) is 117 Å². The van der Waals surface area contributed by atoms with Crippen LogP contribution in [0, 0.1) is 5.82 Å². The molecule has 1 aromatic heterocycles. The monoisotopic (exact) mass is 562 g/mol. The van der Waals surface area contributed by atoms with Crippen LogP contribution in [0.2, 0.25) is 5.04 Å². The van der Waals surface area contributed by atoms with Gasteiger partial charge in [-0.15, -0.1) is 0 Å². The van der Waals surface area contributed by atoms with Gasteiger partial charge in [-0.25, -0.2) is 4.79 Å². The molecule has 1 fully saturated rings. The van der Waals surface area contributed by atoms with E-state index in [1.165, 1.54) is 0 Å². The molecule has 12 heteroatoms. The van der Waals surface area contributed by atoms with Gasteiger partial charge in [0.05, 0.1) is 19.1 Å². The molecule has 3 atom stereocenters. The van der Waals surface area contributed by atoms with Crippen LogP contribution in [0.5, 0.6) is 0 Å². The summed E-state index contributed by atoms with van der Waals surface area (Å²) in [6.45, 7) is 6.25. The second-order valence-corrected chi connectivity index (χ2v) is 16.2. The van der Waals surface area contributed by atoms with Gasteiger partial charge in [0, 0.05) is 6.42 Å². The molecule has 1 N–H and O–H groups in total. The third kappa shape index (κ3) is 5.74. The Labute approximate surface area is 221 Å². The molecule has 0 spiro atoms. The molecular formula is C26H31FN2O7SSi. The highest BCUT2D eigenvalue weighted by molar-refractivity contribution is 7.86. The van der Waals surface area contributed by atoms with E-state index >= 15 is 0 Å². The van der Waals surface area contributed by atoms with Crippen LogP contribution in [0.1, 0.15) is 33.4 Å². The minimum atomic E-state index is -3.90. The largest absolute Gasteiger partial charge is 0.405 e. The van der Waals surface area contributed by atoms with Gasteiger partial charge in [-0.1, -0.05) is 81.4 Å². The first kappa shape index (κ1) is 28.1. The zero-order valence-electron chi connectivity index (χ0n) is 21.6. The van der Waals surface area contributed by atoms with E-state index in [-0.39, 0.29) is 18.1 Å². The van der Waals surface area contributed by atoms with Gasteiger partial charge in [-0.05, 0) is 15.4 Å². The molecule has 0 radical (unpaired) electrons. The minimum absolute atomic E-state index is 0.0510. The number of halogens is 1. The minimum Gasteiger partial charge on any atom is -0.405 e. The molecule has 3 aromatic rings. The summed E-state index contributed by atoms with van der Waals surface area (Å²) in [4.78, 5) is 25.8. The van der Waals surface area contributed by atoms with Crippen LogP contribution in [0.15, 0.2) is 76.4 Å². The predicted molar refractivity (Wildman–Crippen MR) is 143 cm³/mol. The SMILES string of the molecule is CC(C)(C)[Si](OC[C@H]1O[C@H](n2cc(F)c(=O)[nH]c2=O)C[C@@H]1OS(C)(=O)=O)(c1ccccc1)c1ccccc1. The number of rotatable bonds is 8. The average Bonchev–Trinajstić information content (AvgIpc) is 3.23. The summed E-state index contributed by atoms with van der Waals surface area (Å²) >= 11 is 0. The maximum atomic E-state index is 14.0. The van der Waals surface area contributed by atoms with Gasteiger partial charge in [0.2, 0.25) is 5.82 Å². The Morgan fingerprint density at radius 2 is 1.61 bits per heavy atom. The van der Waals surface area contributed by atoms with E-state index < -0.39 is 53.9 Å². The van der Waals surface area contributed by atoms with Crippen molar-refractivity contribution in [3.8, 4) is 0 Å². The van der Waals surface area contributed by atoms with E-state index in [0.717, 1.165) is 27.4 Å². The molecule has 0 amide bonds. The zero-order chi connectivity index (χ0) is 27.7. The summed E-state index contributed by atoms with van der Waals surface area (Å²) in [5, 5.41) is 1.69. The fourth-order valence-electron chi connectivity index (χ4n) is 4.99. The zero-order valence-corrected chi connectivity index (χ0v) is 23.4. The molecule has 1 saturated heterocycles. The van der Waals surface area contributed by atoms with Crippen LogP contribution in [0.3, 0.4) is 0 Å². The predicted octanol–water partition coefficient (Wildman–Crippen LogP) is 1.88. The van der Waals surface area contributed by atoms with Gasteiger partial charge in [0.1, 0.15) is 18.4 Å². The summed E-state index contributed by atoms with van der Waals surface area (Å²) in [6, 6.07) is 19.7. The third-order valence-electron chi connectivity index (χ3n) is 6.59. The van der Waals surface area contributed by atoms with Crippen LogP contribution in [-0.2, 0) is 23.5 Å². The lowest BCUT2D eigenvalue weighted by Crippen LogP contribution is -2.67. The van der Waals surface area contributed by atoms with Crippen LogP contribution >= 0.6 is 0 Å². The number of H-pyrrole nitrogens is 1. The lowest BCUT2D eigenvalue weighted by atomic mass is 10.2. The van der Waals surface area contributed by atoms with Crippen LogP contribution in [0.25, 0.3) is 0 Å². The highest BCUT2D eigenvalue weighted by atomic mass is 32.2. The van der Waals surface area contributed by atoms with Crippen molar-refractivity contribution in [2.45, 2.75) is 50.7 Å². The van der Waals surface area contributed by atoms with Crippen molar-refractivity contribution in [1.29, 1.82) is 0 Å². The van der Waals surface area contributed by atoms with Gasteiger partial charge in [0.25, 0.3) is 24.0 Å². The summed E-state index contributed by atoms with van der Waals surface area (Å²) in [7, 11) is -6.90. The van der Waals surface area contributed by atoms with Crippen molar-refractivity contribution in [2.75, 3.05) is 12.9 Å². The molecule has 0 unspecified atom stereocenters. The van der Waals surface area contributed by atoms with Crippen molar-refractivity contribution in [3.63, 3.8) is 0 Å². The van der Waals surface area contributed by atoms with Crippen molar-refractivity contribution < 1.29 is 26.2 Å². The number of hydrogen-bond acceptors (Lipinski definition) is 7. The fraction of sp³-hybridized carbons (Fsp3) is 0.385. The normalized spacial score (nSPS) is 20.5. The molecule has 0 bridgehead atoms. The summed E-state index contributed by atoms with van der Waals surface area (Å²) in [6.07, 6.45) is -1.39. The Morgan fingerprint density at radius 1 is 1.05 bits per heavy atom. The average molecular weight is 563 g/mol. The molecule has 4 rings (SSSR count). The first-order chi connectivity index (χ1) is 17.8. The first-order valence-corrected chi connectivity index (χ1v) is 15.8. The summed E-state index contributed by atoms with van der Waals surface area (Å²) in [5.41, 5.74) is -2.03. The van der Waals surface area contributed by atoms with Gasteiger partial charge in [0.15, 0.2) is 0 Å². The van der Waals surface area contributed by atoms with Crippen molar-refractivity contribution >= 4 is 28.8 Å². The van der Waals surface area contributed by atoms with E-state index in [1.54, 1.807) is 0 Å². The van der Waals surface area contributed by atoms with Gasteiger partial charge in [-0.2, -0.15) is 12.8 Å². The number of hydrogen-bond donors (Lipinski definition) is 1. The smallest absolute Gasteiger partial charge is 0.330 e. The lowest BCUT2D eigenvalue weighted by molar-refractivity contribution is -0.0384. The second-order valence-electron chi connectivity index (χ2n) is 10.3. The number of ether oxygens (including phenoxy) is 1. The Balaban J connectivity index is 1.73. The molecule has 2 heterocycles. The molecule has 9 nitrogen and oxygen atoms in total. The van der Waals surface area contributed by atoms with Gasteiger partial charge < -0.3 is 9.16 Å². The Bertz CT molecular complexity index is 1450. The second kappa shape index (κ2) is 10.7. The molecule has 0 aliphatic carbocycles. The van der Waals surface area contributed by atoms with E-state index in [1.807, 2.05) is 65.6 Å². The van der Waals surface area contributed by atoms with Crippen molar-refractivity contribution in [3.05, 3.63) is 93.5 Å².